The Kier molecular flexibility index (Phi) is 4.75. The molecule has 0 saturated carbocycles. The number of carbonyl (C=O) groups excluding carboxylic acids is 1. The second kappa shape index (κ2) is 7.36. The summed E-state index contributed by atoms with van der Waals surface area (Å²) in [5.41, 5.74) is 1.13. The first kappa shape index (κ1) is 18.1. The first-order valence-electron chi connectivity index (χ1n) is 8.61. The first-order chi connectivity index (χ1) is 13.6. The van der Waals surface area contributed by atoms with E-state index in [1.54, 1.807) is 43.3 Å². The number of thioether (sulfide) groups is 1. The van der Waals surface area contributed by atoms with Gasteiger partial charge in [0, 0.05) is 22.1 Å². The van der Waals surface area contributed by atoms with E-state index < -0.39 is 4.92 Å². The van der Waals surface area contributed by atoms with Crippen LogP contribution in [0.5, 0.6) is 5.75 Å². The predicted octanol–water partition coefficient (Wildman–Crippen LogP) is 5.58. The number of nitro groups is 1. The van der Waals surface area contributed by atoms with Crippen molar-refractivity contribution in [1.82, 2.24) is 0 Å². The third-order valence-corrected chi connectivity index (χ3v) is 5.31. The van der Waals surface area contributed by atoms with Gasteiger partial charge in [0.2, 0.25) is 5.78 Å². The second-order valence-electron chi connectivity index (χ2n) is 6.01. The number of nitrogens with zero attached hydrogens (tertiary/aromatic N) is 1. The quantitative estimate of drug-likeness (QED) is 0.319. The van der Waals surface area contributed by atoms with E-state index in [0.29, 0.717) is 34.2 Å². The molecule has 0 aliphatic carbocycles. The highest BCUT2D eigenvalue weighted by Gasteiger charge is 2.25. The van der Waals surface area contributed by atoms with Gasteiger partial charge >= 0.3 is 5.69 Å². The topological polar surface area (TPSA) is 82.6 Å². The Balaban J connectivity index is 1.63. The van der Waals surface area contributed by atoms with Gasteiger partial charge in [-0.3, -0.25) is 14.9 Å². The summed E-state index contributed by atoms with van der Waals surface area (Å²) in [6.07, 6.45) is 1.69. The van der Waals surface area contributed by atoms with Crippen LogP contribution in [0.1, 0.15) is 23.0 Å². The van der Waals surface area contributed by atoms with Crippen LogP contribution in [0.2, 0.25) is 0 Å². The molecule has 6 nitrogen and oxygen atoms in total. The molecule has 0 spiro atoms. The van der Waals surface area contributed by atoms with Gasteiger partial charge in [-0.25, -0.2) is 0 Å². The van der Waals surface area contributed by atoms with Crippen LogP contribution in [-0.4, -0.2) is 17.3 Å². The Bertz CT molecular complexity index is 1120. The fourth-order valence-electron chi connectivity index (χ4n) is 2.94. The minimum absolute atomic E-state index is 0.0322. The van der Waals surface area contributed by atoms with Gasteiger partial charge in [-0.1, -0.05) is 23.9 Å². The summed E-state index contributed by atoms with van der Waals surface area (Å²) in [4.78, 5) is 24.8. The molecule has 0 unspecified atom stereocenters. The van der Waals surface area contributed by atoms with Gasteiger partial charge in [0.15, 0.2) is 5.75 Å². The van der Waals surface area contributed by atoms with Crippen LogP contribution in [-0.2, 0) is 0 Å². The number of ether oxygens (including phenoxy) is 1. The summed E-state index contributed by atoms with van der Waals surface area (Å²) in [5.74, 6) is 1.17. The number of benzene rings is 2. The highest BCUT2D eigenvalue weighted by Crippen LogP contribution is 2.41. The van der Waals surface area contributed by atoms with E-state index in [1.807, 2.05) is 18.2 Å². The maximum Gasteiger partial charge on any atom is 0.311 e. The molecule has 0 radical (unpaired) electrons. The standard InChI is InChI=1S/C21H15NO5S/c1-2-26-18-9-7-13(11-16(18)22(24)25)17-10-8-14(27-17)12-20-21(23)15-5-3-4-6-19(15)28-20/h3-12H,2H2,1H3. The predicted molar refractivity (Wildman–Crippen MR) is 107 cm³/mol. The summed E-state index contributed by atoms with van der Waals surface area (Å²) in [7, 11) is 0. The second-order valence-corrected chi connectivity index (χ2v) is 7.09. The number of rotatable bonds is 5. The molecule has 2 heterocycles. The van der Waals surface area contributed by atoms with E-state index >= 15 is 0 Å². The van der Waals surface area contributed by atoms with Crippen LogP contribution < -0.4 is 4.74 Å². The molecule has 1 aromatic heterocycles. The van der Waals surface area contributed by atoms with Gasteiger partial charge in [0.05, 0.1) is 16.4 Å². The number of hydrogen-bond donors (Lipinski definition) is 0. The molecular weight excluding hydrogens is 378 g/mol. The third-order valence-electron chi connectivity index (χ3n) is 4.22. The van der Waals surface area contributed by atoms with E-state index in [4.69, 9.17) is 9.15 Å². The van der Waals surface area contributed by atoms with Crippen molar-refractivity contribution in [2.24, 2.45) is 0 Å². The van der Waals surface area contributed by atoms with Crippen molar-refractivity contribution in [1.29, 1.82) is 0 Å². The van der Waals surface area contributed by atoms with Crippen molar-refractivity contribution in [2.45, 2.75) is 11.8 Å². The lowest BCUT2D eigenvalue weighted by Crippen LogP contribution is -1.97. The average molecular weight is 393 g/mol. The third kappa shape index (κ3) is 3.32. The summed E-state index contributed by atoms with van der Waals surface area (Å²) >= 11 is 1.40. The lowest BCUT2D eigenvalue weighted by molar-refractivity contribution is -0.385. The zero-order valence-corrected chi connectivity index (χ0v) is 15.7. The fraction of sp³-hybridized carbons (Fsp3) is 0.0952. The summed E-state index contributed by atoms with van der Waals surface area (Å²) < 4.78 is 11.1. The molecule has 0 fully saturated rings. The molecular formula is C21H15NO5S. The van der Waals surface area contributed by atoms with Crippen LogP contribution in [0.3, 0.4) is 0 Å². The molecule has 28 heavy (non-hydrogen) atoms. The van der Waals surface area contributed by atoms with Gasteiger partial charge in [0.25, 0.3) is 0 Å². The Labute approximate surface area is 165 Å². The Morgan fingerprint density at radius 1 is 1.18 bits per heavy atom. The van der Waals surface area contributed by atoms with Crippen LogP contribution in [0.25, 0.3) is 17.4 Å². The zero-order chi connectivity index (χ0) is 19.7. The molecule has 0 saturated heterocycles. The smallest absolute Gasteiger partial charge is 0.311 e. The lowest BCUT2D eigenvalue weighted by atomic mass is 10.1. The molecule has 1 aliphatic heterocycles. The monoisotopic (exact) mass is 393 g/mol. The van der Waals surface area contributed by atoms with Gasteiger partial charge in [-0.2, -0.15) is 0 Å². The van der Waals surface area contributed by atoms with Crippen molar-refractivity contribution < 1.29 is 18.9 Å². The van der Waals surface area contributed by atoms with E-state index in [9.17, 15) is 14.9 Å². The Morgan fingerprint density at radius 2 is 2.00 bits per heavy atom. The van der Waals surface area contributed by atoms with E-state index in [1.165, 1.54) is 17.8 Å². The molecule has 3 aromatic rings. The van der Waals surface area contributed by atoms with E-state index in [2.05, 4.69) is 0 Å². The number of Topliss-reactive ketones (excluding diaryl/α,β-unsaturated/α-hetero) is 1. The Hall–Kier alpha value is -3.32. The minimum Gasteiger partial charge on any atom is -0.487 e. The largest absolute Gasteiger partial charge is 0.487 e. The van der Waals surface area contributed by atoms with Crippen molar-refractivity contribution in [3.05, 3.63) is 80.9 Å². The number of furan rings is 1. The van der Waals surface area contributed by atoms with Gasteiger partial charge < -0.3 is 9.15 Å². The number of allylic oxidation sites excluding steroid dienone is 1. The van der Waals surface area contributed by atoms with Crippen molar-refractivity contribution in [2.75, 3.05) is 6.61 Å². The van der Waals surface area contributed by atoms with E-state index in [-0.39, 0.29) is 17.2 Å². The summed E-state index contributed by atoms with van der Waals surface area (Å²) in [6.45, 7) is 2.11. The maximum absolute atomic E-state index is 12.5. The molecule has 2 aromatic carbocycles. The number of carbonyl (C=O) groups is 1. The number of fused-ring (bicyclic) bond motifs is 1. The van der Waals surface area contributed by atoms with Gasteiger partial charge in [0.1, 0.15) is 11.5 Å². The van der Waals surface area contributed by atoms with Gasteiger partial charge in [-0.15, -0.1) is 0 Å². The number of ketones is 1. The summed E-state index contributed by atoms with van der Waals surface area (Å²) in [6, 6.07) is 15.6. The molecule has 140 valence electrons. The van der Waals surface area contributed by atoms with Crippen LogP contribution in [0, 0.1) is 10.1 Å². The van der Waals surface area contributed by atoms with Crippen molar-refractivity contribution >= 4 is 29.3 Å². The molecule has 1 aliphatic rings. The van der Waals surface area contributed by atoms with Crippen molar-refractivity contribution in [3.63, 3.8) is 0 Å². The zero-order valence-electron chi connectivity index (χ0n) is 14.9. The van der Waals surface area contributed by atoms with Crippen LogP contribution >= 0.6 is 11.8 Å². The average Bonchev–Trinajstić information content (AvgIpc) is 3.28. The molecule has 7 heteroatoms. The normalized spacial score (nSPS) is 14.3. The minimum atomic E-state index is -0.481. The first-order valence-corrected chi connectivity index (χ1v) is 9.43. The van der Waals surface area contributed by atoms with Crippen molar-refractivity contribution in [3.8, 4) is 17.1 Å². The number of hydrogen-bond acceptors (Lipinski definition) is 6. The fourth-order valence-corrected chi connectivity index (χ4v) is 3.97. The Morgan fingerprint density at radius 3 is 2.75 bits per heavy atom. The van der Waals surface area contributed by atoms with Crippen LogP contribution in [0.4, 0.5) is 5.69 Å². The molecule has 0 bridgehead atoms. The highest BCUT2D eigenvalue weighted by atomic mass is 32.2. The molecule has 0 atom stereocenters. The molecule has 4 rings (SSSR count). The maximum atomic E-state index is 12.5. The van der Waals surface area contributed by atoms with E-state index in [0.717, 1.165) is 4.90 Å². The van der Waals surface area contributed by atoms with Crippen LogP contribution in [0.15, 0.2) is 68.8 Å². The number of nitro benzene ring substituents is 1. The SMILES string of the molecule is CCOc1ccc(-c2ccc(C=C3Sc4ccccc4C3=O)o2)cc1[N+](=O)[O-]. The lowest BCUT2D eigenvalue weighted by Gasteiger charge is -2.05. The molecule has 0 amide bonds. The molecule has 0 N–H and O–H groups in total. The van der Waals surface area contributed by atoms with Gasteiger partial charge in [-0.05, 0) is 49.4 Å². The highest BCUT2D eigenvalue weighted by molar-refractivity contribution is 8.04. The summed E-state index contributed by atoms with van der Waals surface area (Å²) in [5, 5.41) is 11.3.